The van der Waals surface area contributed by atoms with Crippen molar-refractivity contribution in [1.29, 1.82) is 5.26 Å². The van der Waals surface area contributed by atoms with Crippen LogP contribution >= 0.6 is 0 Å². The van der Waals surface area contributed by atoms with Crippen LogP contribution in [0.5, 0.6) is 0 Å². The second-order valence-corrected chi connectivity index (χ2v) is 3.76. The number of nitriles is 1. The molecule has 1 saturated heterocycles. The van der Waals surface area contributed by atoms with Crippen molar-refractivity contribution < 1.29 is 4.74 Å². The van der Waals surface area contributed by atoms with E-state index in [0.717, 1.165) is 31.4 Å². The Morgan fingerprint density at radius 1 is 1.69 bits per heavy atom. The third kappa shape index (κ3) is 2.23. The molecule has 1 aromatic heterocycles. The number of hydrogen-bond donors (Lipinski definition) is 1. The first-order valence-corrected chi connectivity index (χ1v) is 5.32. The highest BCUT2D eigenvalue weighted by molar-refractivity contribution is 5.63. The highest BCUT2D eigenvalue weighted by Gasteiger charge is 2.16. The SMILES string of the molecule is N#C/C=C(/N)c1cnn(C2CCCCO2)c1. The van der Waals surface area contributed by atoms with Crippen LogP contribution in [0, 0.1) is 11.3 Å². The molecule has 5 heteroatoms. The Morgan fingerprint density at radius 2 is 2.56 bits per heavy atom. The molecule has 16 heavy (non-hydrogen) atoms. The largest absolute Gasteiger partial charge is 0.398 e. The van der Waals surface area contributed by atoms with Crippen molar-refractivity contribution in [3.05, 3.63) is 24.0 Å². The molecule has 1 fully saturated rings. The molecule has 2 N–H and O–H groups in total. The Bertz CT molecular complexity index is 423. The molecule has 0 amide bonds. The van der Waals surface area contributed by atoms with Crippen molar-refractivity contribution >= 4 is 5.70 Å². The van der Waals surface area contributed by atoms with Gasteiger partial charge in [-0.05, 0) is 19.3 Å². The third-order valence-corrected chi connectivity index (χ3v) is 2.61. The molecule has 5 nitrogen and oxygen atoms in total. The first kappa shape index (κ1) is 10.7. The minimum absolute atomic E-state index is 0.0115. The maximum absolute atomic E-state index is 8.50. The first-order valence-electron chi connectivity index (χ1n) is 5.32. The van der Waals surface area contributed by atoms with Gasteiger partial charge in [0, 0.05) is 24.4 Å². The van der Waals surface area contributed by atoms with Gasteiger partial charge in [-0.1, -0.05) is 0 Å². The average molecular weight is 218 g/mol. The van der Waals surface area contributed by atoms with Crippen LogP contribution in [0.2, 0.25) is 0 Å². The van der Waals surface area contributed by atoms with Crippen LogP contribution in [-0.2, 0) is 4.74 Å². The summed E-state index contributed by atoms with van der Waals surface area (Å²) in [6, 6.07) is 1.90. The van der Waals surface area contributed by atoms with Crippen LogP contribution in [0.25, 0.3) is 5.70 Å². The summed E-state index contributed by atoms with van der Waals surface area (Å²) >= 11 is 0. The van der Waals surface area contributed by atoms with Crippen LogP contribution in [0.3, 0.4) is 0 Å². The molecule has 1 aromatic rings. The molecule has 0 spiro atoms. The Balaban J connectivity index is 2.13. The van der Waals surface area contributed by atoms with E-state index >= 15 is 0 Å². The molecule has 0 radical (unpaired) electrons. The van der Waals surface area contributed by atoms with Gasteiger partial charge >= 0.3 is 0 Å². The van der Waals surface area contributed by atoms with Crippen molar-refractivity contribution in [3.8, 4) is 6.07 Å². The van der Waals surface area contributed by atoms with Crippen molar-refractivity contribution in [2.45, 2.75) is 25.5 Å². The van der Waals surface area contributed by atoms with Crippen LogP contribution in [0.4, 0.5) is 0 Å². The average Bonchev–Trinajstić information content (AvgIpc) is 2.80. The summed E-state index contributed by atoms with van der Waals surface area (Å²) in [5.74, 6) is 0. The van der Waals surface area contributed by atoms with Gasteiger partial charge in [-0.3, -0.25) is 0 Å². The topological polar surface area (TPSA) is 76.9 Å². The Morgan fingerprint density at radius 3 is 3.25 bits per heavy atom. The van der Waals surface area contributed by atoms with E-state index < -0.39 is 0 Å². The van der Waals surface area contributed by atoms with Crippen LogP contribution < -0.4 is 5.73 Å². The van der Waals surface area contributed by atoms with E-state index in [4.69, 9.17) is 15.7 Å². The lowest BCUT2D eigenvalue weighted by molar-refractivity contribution is -0.0394. The summed E-state index contributed by atoms with van der Waals surface area (Å²) in [5.41, 5.74) is 6.89. The zero-order valence-corrected chi connectivity index (χ0v) is 8.97. The molecule has 0 bridgehead atoms. The molecule has 2 heterocycles. The van der Waals surface area contributed by atoms with Crippen molar-refractivity contribution in [1.82, 2.24) is 9.78 Å². The van der Waals surface area contributed by atoms with Gasteiger partial charge in [0.15, 0.2) is 0 Å². The quantitative estimate of drug-likeness (QED) is 0.761. The molecule has 84 valence electrons. The van der Waals surface area contributed by atoms with E-state index in [9.17, 15) is 0 Å². The van der Waals surface area contributed by atoms with E-state index in [2.05, 4.69) is 5.10 Å². The normalized spacial score (nSPS) is 21.7. The lowest BCUT2D eigenvalue weighted by Crippen LogP contribution is -2.18. The van der Waals surface area contributed by atoms with Gasteiger partial charge in [-0.25, -0.2) is 4.68 Å². The monoisotopic (exact) mass is 218 g/mol. The number of allylic oxidation sites excluding steroid dienone is 1. The van der Waals surface area contributed by atoms with Gasteiger partial charge < -0.3 is 10.5 Å². The standard InChI is InChI=1S/C11H14N4O/c12-5-4-10(13)9-7-14-15(8-9)11-3-1-2-6-16-11/h4,7-8,11H,1-3,6,13H2/b10-4+. The number of nitrogens with two attached hydrogens (primary N) is 1. The summed E-state index contributed by atoms with van der Waals surface area (Å²) in [6.07, 6.45) is 8.04. The summed E-state index contributed by atoms with van der Waals surface area (Å²) < 4.78 is 7.36. The van der Waals surface area contributed by atoms with Gasteiger partial charge in [0.25, 0.3) is 0 Å². The van der Waals surface area contributed by atoms with Crippen molar-refractivity contribution in [3.63, 3.8) is 0 Å². The van der Waals surface area contributed by atoms with E-state index in [1.807, 2.05) is 12.3 Å². The highest BCUT2D eigenvalue weighted by Crippen LogP contribution is 2.22. The molecule has 0 saturated carbocycles. The van der Waals surface area contributed by atoms with Gasteiger partial charge in [-0.2, -0.15) is 10.4 Å². The summed E-state index contributed by atoms with van der Waals surface area (Å²) in [4.78, 5) is 0. The molecule has 2 rings (SSSR count). The number of rotatable bonds is 2. The third-order valence-electron chi connectivity index (χ3n) is 2.61. The van der Waals surface area contributed by atoms with E-state index in [0.29, 0.717) is 5.70 Å². The maximum Gasteiger partial charge on any atom is 0.150 e. The Hall–Kier alpha value is -1.80. The maximum atomic E-state index is 8.50. The minimum atomic E-state index is 0.0115. The predicted octanol–water partition coefficient (Wildman–Crippen LogP) is 1.41. The van der Waals surface area contributed by atoms with Crippen molar-refractivity contribution in [2.75, 3.05) is 6.61 Å². The second kappa shape index (κ2) is 4.81. The summed E-state index contributed by atoms with van der Waals surface area (Å²) in [6.45, 7) is 0.781. The smallest absolute Gasteiger partial charge is 0.150 e. The zero-order chi connectivity index (χ0) is 11.4. The fourth-order valence-corrected chi connectivity index (χ4v) is 1.73. The molecule has 0 aliphatic carbocycles. The molecule has 1 atom stereocenters. The fourth-order valence-electron chi connectivity index (χ4n) is 1.73. The van der Waals surface area contributed by atoms with Gasteiger partial charge in [0.2, 0.25) is 0 Å². The van der Waals surface area contributed by atoms with Gasteiger partial charge in [0.1, 0.15) is 6.23 Å². The zero-order valence-electron chi connectivity index (χ0n) is 8.97. The Kier molecular flexibility index (Phi) is 3.22. The van der Waals surface area contributed by atoms with E-state index in [1.54, 1.807) is 10.9 Å². The lowest BCUT2D eigenvalue weighted by atomic mass is 10.2. The number of aromatic nitrogens is 2. The van der Waals surface area contributed by atoms with Gasteiger partial charge in [0.05, 0.1) is 18.0 Å². The van der Waals surface area contributed by atoms with Crippen LogP contribution in [0.1, 0.15) is 31.1 Å². The fraction of sp³-hybridized carbons (Fsp3) is 0.455. The van der Waals surface area contributed by atoms with E-state index in [-0.39, 0.29) is 6.23 Å². The number of ether oxygens (including phenoxy) is 1. The highest BCUT2D eigenvalue weighted by atomic mass is 16.5. The predicted molar refractivity (Wildman–Crippen MR) is 58.8 cm³/mol. The second-order valence-electron chi connectivity index (χ2n) is 3.76. The number of hydrogen-bond acceptors (Lipinski definition) is 4. The first-order chi connectivity index (χ1) is 7.81. The van der Waals surface area contributed by atoms with Crippen LogP contribution in [0.15, 0.2) is 18.5 Å². The molecular formula is C11H14N4O. The van der Waals surface area contributed by atoms with Crippen molar-refractivity contribution in [2.24, 2.45) is 5.73 Å². The Labute approximate surface area is 94.1 Å². The molecular weight excluding hydrogens is 204 g/mol. The molecule has 1 unspecified atom stereocenters. The van der Waals surface area contributed by atoms with Crippen LogP contribution in [-0.4, -0.2) is 16.4 Å². The number of nitrogens with zero attached hydrogens (tertiary/aromatic N) is 3. The molecule has 1 aliphatic heterocycles. The summed E-state index contributed by atoms with van der Waals surface area (Å²) in [7, 11) is 0. The molecule has 1 aliphatic rings. The van der Waals surface area contributed by atoms with Gasteiger partial charge in [-0.15, -0.1) is 0 Å². The van der Waals surface area contributed by atoms with E-state index in [1.165, 1.54) is 6.08 Å². The lowest BCUT2D eigenvalue weighted by Gasteiger charge is -2.22. The summed E-state index contributed by atoms with van der Waals surface area (Å²) in [5, 5.41) is 12.7. The minimum Gasteiger partial charge on any atom is -0.398 e. The molecule has 0 aromatic carbocycles.